The van der Waals surface area contributed by atoms with Gasteiger partial charge in [0.2, 0.25) is 0 Å². The zero-order valence-corrected chi connectivity index (χ0v) is 16.7. The van der Waals surface area contributed by atoms with Crippen molar-refractivity contribution in [3.05, 3.63) is 80.3 Å². The van der Waals surface area contributed by atoms with Crippen molar-refractivity contribution in [2.45, 2.75) is 6.42 Å². The quantitative estimate of drug-likeness (QED) is 0.503. The molecule has 0 saturated heterocycles. The zero-order valence-electron chi connectivity index (χ0n) is 15.1. The van der Waals surface area contributed by atoms with Gasteiger partial charge in [0.05, 0.1) is 10.0 Å². The normalized spacial score (nSPS) is 10.7. The number of hydrogen-bond acceptors (Lipinski definition) is 4. The highest BCUT2D eigenvalue weighted by Crippen LogP contribution is 2.31. The van der Waals surface area contributed by atoms with Crippen molar-refractivity contribution in [2.75, 3.05) is 11.9 Å². The third-order valence-electron chi connectivity index (χ3n) is 4.06. The van der Waals surface area contributed by atoms with Crippen LogP contribution in [-0.4, -0.2) is 23.5 Å². The molecule has 1 heterocycles. The lowest BCUT2D eigenvalue weighted by atomic mass is 10.1. The number of halogens is 4. The van der Waals surface area contributed by atoms with Gasteiger partial charge in [0, 0.05) is 18.2 Å². The van der Waals surface area contributed by atoms with E-state index in [0.717, 1.165) is 35.6 Å². The molecule has 2 aromatic carbocycles. The number of nitrogens with one attached hydrogen (secondary N) is 2. The van der Waals surface area contributed by atoms with Crippen LogP contribution in [0.2, 0.25) is 4.34 Å². The maximum atomic E-state index is 13.7. The van der Waals surface area contributed by atoms with E-state index >= 15 is 0 Å². The standard InChI is InChI=1S/C20H14ClF3N2O3S/c21-17-9-15(26-19(28)11-2-4-16(27)14(24)7-11)18(30-17)20(29)25-6-5-10-1-3-12(22)8-13(10)23/h1-4,7-9,27H,5-6H2,(H,25,29)(H,26,28). The first-order valence-electron chi connectivity index (χ1n) is 8.56. The second-order valence-corrected chi connectivity index (χ2v) is 7.84. The number of aromatic hydroxyl groups is 1. The van der Waals surface area contributed by atoms with Gasteiger partial charge in [-0.05, 0) is 42.3 Å². The summed E-state index contributed by atoms with van der Waals surface area (Å²) in [6.07, 6.45) is 0.130. The lowest BCUT2D eigenvalue weighted by Crippen LogP contribution is -2.26. The van der Waals surface area contributed by atoms with Crippen LogP contribution < -0.4 is 10.6 Å². The first-order chi connectivity index (χ1) is 14.2. The maximum absolute atomic E-state index is 13.7. The number of phenols is 1. The van der Waals surface area contributed by atoms with Crippen LogP contribution in [0.5, 0.6) is 5.75 Å². The van der Waals surface area contributed by atoms with E-state index < -0.39 is 35.0 Å². The molecular weight excluding hydrogens is 441 g/mol. The highest BCUT2D eigenvalue weighted by Gasteiger charge is 2.19. The fraction of sp³-hybridized carbons (Fsp3) is 0.100. The average Bonchev–Trinajstić information content (AvgIpc) is 3.05. The Hall–Kier alpha value is -3.04. The van der Waals surface area contributed by atoms with E-state index in [2.05, 4.69) is 10.6 Å². The highest BCUT2D eigenvalue weighted by molar-refractivity contribution is 7.18. The second kappa shape index (κ2) is 9.19. The largest absolute Gasteiger partial charge is 0.505 e. The number of amides is 2. The molecule has 3 aromatic rings. The highest BCUT2D eigenvalue weighted by atomic mass is 35.5. The third-order valence-corrected chi connectivity index (χ3v) is 5.32. The molecule has 0 aliphatic carbocycles. The van der Waals surface area contributed by atoms with Crippen molar-refractivity contribution in [2.24, 2.45) is 0 Å². The SMILES string of the molecule is O=C(Nc1cc(Cl)sc1C(=O)NCCc1ccc(F)cc1F)c1ccc(O)c(F)c1. The van der Waals surface area contributed by atoms with Gasteiger partial charge >= 0.3 is 0 Å². The van der Waals surface area contributed by atoms with Crippen LogP contribution in [0.4, 0.5) is 18.9 Å². The first kappa shape index (κ1) is 21.7. The molecule has 0 aliphatic heterocycles. The number of anilines is 1. The van der Waals surface area contributed by atoms with E-state index in [1.54, 1.807) is 0 Å². The summed E-state index contributed by atoms with van der Waals surface area (Å²) in [6.45, 7) is 0.0630. The minimum Gasteiger partial charge on any atom is -0.505 e. The third kappa shape index (κ3) is 5.11. The Kier molecular flexibility index (Phi) is 6.63. The lowest BCUT2D eigenvalue weighted by Gasteiger charge is -2.08. The molecule has 1 aromatic heterocycles. The van der Waals surface area contributed by atoms with Crippen molar-refractivity contribution in [3.8, 4) is 5.75 Å². The Morgan fingerprint density at radius 3 is 2.47 bits per heavy atom. The Bertz CT molecular complexity index is 1120. The second-order valence-electron chi connectivity index (χ2n) is 6.16. The summed E-state index contributed by atoms with van der Waals surface area (Å²) in [6, 6.07) is 7.66. The number of rotatable bonds is 6. The van der Waals surface area contributed by atoms with Crippen LogP contribution in [-0.2, 0) is 6.42 Å². The molecule has 0 radical (unpaired) electrons. The molecule has 0 unspecified atom stereocenters. The van der Waals surface area contributed by atoms with Gasteiger partial charge in [-0.3, -0.25) is 9.59 Å². The summed E-state index contributed by atoms with van der Waals surface area (Å²) in [7, 11) is 0. The van der Waals surface area contributed by atoms with Crippen molar-refractivity contribution in [1.29, 1.82) is 0 Å². The molecule has 30 heavy (non-hydrogen) atoms. The predicted octanol–water partition coefficient (Wildman–Crippen LogP) is 4.75. The molecule has 10 heteroatoms. The Balaban J connectivity index is 1.67. The predicted molar refractivity (Wildman–Crippen MR) is 108 cm³/mol. The molecule has 0 fully saturated rings. The Labute approximate surface area is 178 Å². The van der Waals surface area contributed by atoms with E-state index in [4.69, 9.17) is 11.6 Å². The van der Waals surface area contributed by atoms with Crippen molar-refractivity contribution < 1.29 is 27.9 Å². The summed E-state index contributed by atoms with van der Waals surface area (Å²) in [4.78, 5) is 24.9. The molecular formula is C20H14ClF3N2O3S. The maximum Gasteiger partial charge on any atom is 0.263 e. The summed E-state index contributed by atoms with van der Waals surface area (Å²) in [5.41, 5.74) is 0.295. The summed E-state index contributed by atoms with van der Waals surface area (Å²) in [5, 5.41) is 14.3. The van der Waals surface area contributed by atoms with Crippen molar-refractivity contribution in [3.63, 3.8) is 0 Å². The number of carbonyl (C=O) groups is 2. The van der Waals surface area contributed by atoms with Gasteiger partial charge in [-0.25, -0.2) is 13.2 Å². The molecule has 0 aliphatic rings. The fourth-order valence-corrected chi connectivity index (χ4v) is 3.68. The van der Waals surface area contributed by atoms with E-state index in [9.17, 15) is 27.9 Å². The van der Waals surface area contributed by atoms with Gasteiger partial charge in [-0.15, -0.1) is 11.3 Å². The van der Waals surface area contributed by atoms with Gasteiger partial charge in [-0.2, -0.15) is 0 Å². The molecule has 0 spiro atoms. The van der Waals surface area contributed by atoms with Gasteiger partial charge in [-0.1, -0.05) is 17.7 Å². The van der Waals surface area contributed by atoms with E-state index in [0.29, 0.717) is 0 Å². The van der Waals surface area contributed by atoms with Crippen LogP contribution in [0.1, 0.15) is 25.6 Å². The van der Waals surface area contributed by atoms with Crippen LogP contribution in [0.15, 0.2) is 42.5 Å². The molecule has 0 bridgehead atoms. The van der Waals surface area contributed by atoms with Gasteiger partial charge in [0.25, 0.3) is 11.8 Å². The van der Waals surface area contributed by atoms with Gasteiger partial charge < -0.3 is 15.7 Å². The molecule has 3 rings (SSSR count). The zero-order chi connectivity index (χ0) is 21.8. The molecule has 2 amide bonds. The van der Waals surface area contributed by atoms with Crippen molar-refractivity contribution in [1.82, 2.24) is 5.32 Å². The monoisotopic (exact) mass is 454 g/mol. The number of phenolic OH excluding ortho intramolecular Hbond substituents is 1. The van der Waals surface area contributed by atoms with E-state index in [-0.39, 0.29) is 39.0 Å². The fourth-order valence-electron chi connectivity index (χ4n) is 2.58. The van der Waals surface area contributed by atoms with Crippen LogP contribution >= 0.6 is 22.9 Å². The minimum atomic E-state index is -0.961. The number of hydrogen-bond donors (Lipinski definition) is 3. The minimum absolute atomic E-state index is 0.0630. The van der Waals surface area contributed by atoms with Crippen LogP contribution in [0.3, 0.4) is 0 Å². The van der Waals surface area contributed by atoms with Crippen LogP contribution in [0.25, 0.3) is 0 Å². The smallest absolute Gasteiger partial charge is 0.263 e. The first-order valence-corrected chi connectivity index (χ1v) is 9.75. The summed E-state index contributed by atoms with van der Waals surface area (Å²) in [5.74, 6) is -4.22. The molecule has 5 nitrogen and oxygen atoms in total. The van der Waals surface area contributed by atoms with Crippen molar-refractivity contribution >= 4 is 40.4 Å². The topological polar surface area (TPSA) is 78.4 Å². The Morgan fingerprint density at radius 1 is 1.00 bits per heavy atom. The summed E-state index contributed by atoms with van der Waals surface area (Å²) >= 11 is 6.88. The average molecular weight is 455 g/mol. The van der Waals surface area contributed by atoms with Gasteiger partial charge in [0.15, 0.2) is 11.6 Å². The molecule has 0 saturated carbocycles. The molecule has 156 valence electrons. The Morgan fingerprint density at radius 2 is 1.77 bits per heavy atom. The molecule has 0 atom stereocenters. The van der Waals surface area contributed by atoms with Gasteiger partial charge in [0.1, 0.15) is 16.5 Å². The van der Waals surface area contributed by atoms with Crippen LogP contribution in [0, 0.1) is 17.5 Å². The lowest BCUT2D eigenvalue weighted by molar-refractivity contribution is 0.0959. The number of benzene rings is 2. The van der Waals surface area contributed by atoms with E-state index in [1.165, 1.54) is 18.2 Å². The van der Waals surface area contributed by atoms with E-state index in [1.807, 2.05) is 0 Å². The number of thiophene rings is 1. The number of carbonyl (C=O) groups excluding carboxylic acids is 2. The molecule has 3 N–H and O–H groups in total. The summed E-state index contributed by atoms with van der Waals surface area (Å²) < 4.78 is 40.3.